The van der Waals surface area contributed by atoms with Crippen molar-refractivity contribution in [1.82, 2.24) is 10.2 Å². The van der Waals surface area contributed by atoms with Crippen LogP contribution in [0.15, 0.2) is 77.7 Å². The molecule has 40 heavy (non-hydrogen) atoms. The maximum Gasteiger partial charge on any atom is 0.264 e. The highest BCUT2D eigenvalue weighted by atomic mass is 32.2. The van der Waals surface area contributed by atoms with E-state index >= 15 is 0 Å². The molecule has 0 fully saturated rings. The SMILES string of the molecule is CC[C@H](C)NC(=O)[C@H](C)N(CCc1ccccc1)C(=O)CN(c1cc(C)cc(C)c1)S(=O)(=O)c1ccc(C)cc1. The molecule has 0 bridgehead atoms. The number of nitrogens with one attached hydrogen (secondary N) is 1. The minimum absolute atomic E-state index is 0.0466. The Labute approximate surface area is 239 Å². The Balaban J connectivity index is 2.01. The van der Waals surface area contributed by atoms with Crippen LogP contribution >= 0.6 is 0 Å². The van der Waals surface area contributed by atoms with Gasteiger partial charge < -0.3 is 10.2 Å². The summed E-state index contributed by atoms with van der Waals surface area (Å²) in [7, 11) is -4.08. The van der Waals surface area contributed by atoms with Crippen LogP contribution in [0.1, 0.15) is 49.4 Å². The molecule has 2 atom stereocenters. The van der Waals surface area contributed by atoms with Crippen LogP contribution in [0, 0.1) is 20.8 Å². The molecule has 0 heterocycles. The van der Waals surface area contributed by atoms with E-state index in [0.717, 1.165) is 33.0 Å². The Morgan fingerprint density at radius 3 is 2.02 bits per heavy atom. The van der Waals surface area contributed by atoms with Crippen molar-refractivity contribution < 1.29 is 18.0 Å². The van der Waals surface area contributed by atoms with Crippen molar-refractivity contribution in [3.8, 4) is 0 Å². The van der Waals surface area contributed by atoms with Gasteiger partial charge in [0.15, 0.2) is 0 Å². The monoisotopic (exact) mass is 563 g/mol. The summed E-state index contributed by atoms with van der Waals surface area (Å²) < 4.78 is 29.1. The fourth-order valence-corrected chi connectivity index (χ4v) is 5.89. The van der Waals surface area contributed by atoms with Gasteiger partial charge in [0.25, 0.3) is 10.0 Å². The Morgan fingerprint density at radius 2 is 1.45 bits per heavy atom. The van der Waals surface area contributed by atoms with Crippen LogP contribution in [-0.4, -0.2) is 50.3 Å². The van der Waals surface area contributed by atoms with Gasteiger partial charge in [-0.1, -0.05) is 61.0 Å². The van der Waals surface area contributed by atoms with Crippen molar-refractivity contribution in [3.63, 3.8) is 0 Å². The van der Waals surface area contributed by atoms with Crippen molar-refractivity contribution in [2.24, 2.45) is 0 Å². The molecule has 0 aliphatic heterocycles. The zero-order chi connectivity index (χ0) is 29.4. The highest BCUT2D eigenvalue weighted by Crippen LogP contribution is 2.26. The third-order valence-corrected chi connectivity index (χ3v) is 8.82. The van der Waals surface area contributed by atoms with Crippen LogP contribution < -0.4 is 9.62 Å². The van der Waals surface area contributed by atoms with Gasteiger partial charge in [-0.25, -0.2) is 8.42 Å². The Bertz CT molecular complexity index is 1390. The predicted octanol–water partition coefficient (Wildman–Crippen LogP) is 5.18. The minimum atomic E-state index is -4.08. The molecule has 7 nitrogen and oxygen atoms in total. The molecule has 8 heteroatoms. The van der Waals surface area contributed by atoms with Crippen molar-refractivity contribution in [2.75, 3.05) is 17.4 Å². The van der Waals surface area contributed by atoms with Crippen molar-refractivity contribution in [3.05, 3.63) is 95.1 Å². The van der Waals surface area contributed by atoms with Gasteiger partial charge in [-0.15, -0.1) is 0 Å². The molecule has 0 aliphatic carbocycles. The fourth-order valence-electron chi connectivity index (χ4n) is 4.50. The topological polar surface area (TPSA) is 86.8 Å². The molecular weight excluding hydrogens is 522 g/mol. The van der Waals surface area contributed by atoms with Gasteiger partial charge in [-0.05, 0) is 88.4 Å². The van der Waals surface area contributed by atoms with Crippen LogP contribution in [0.25, 0.3) is 0 Å². The van der Waals surface area contributed by atoms with Gasteiger partial charge in [0.05, 0.1) is 10.6 Å². The van der Waals surface area contributed by atoms with E-state index in [-0.39, 0.29) is 23.4 Å². The highest BCUT2D eigenvalue weighted by molar-refractivity contribution is 7.92. The first-order valence-corrected chi connectivity index (χ1v) is 15.2. The van der Waals surface area contributed by atoms with E-state index in [2.05, 4.69) is 5.32 Å². The molecule has 2 amide bonds. The minimum Gasteiger partial charge on any atom is -0.352 e. The molecule has 214 valence electrons. The Kier molecular flexibility index (Phi) is 10.5. The molecule has 1 N–H and O–H groups in total. The summed E-state index contributed by atoms with van der Waals surface area (Å²) >= 11 is 0. The highest BCUT2D eigenvalue weighted by Gasteiger charge is 2.32. The lowest BCUT2D eigenvalue weighted by Crippen LogP contribution is -2.53. The number of nitrogens with zero attached hydrogens (tertiary/aromatic N) is 2. The van der Waals surface area contributed by atoms with Crippen LogP contribution in [0.2, 0.25) is 0 Å². The first kappa shape index (κ1) is 30.9. The van der Waals surface area contributed by atoms with Crippen LogP contribution in [0.3, 0.4) is 0 Å². The van der Waals surface area contributed by atoms with Gasteiger partial charge in [-0.3, -0.25) is 13.9 Å². The largest absolute Gasteiger partial charge is 0.352 e. The molecule has 0 saturated heterocycles. The lowest BCUT2D eigenvalue weighted by Gasteiger charge is -2.32. The molecule has 0 radical (unpaired) electrons. The van der Waals surface area contributed by atoms with Crippen molar-refractivity contribution in [2.45, 2.75) is 71.4 Å². The lowest BCUT2D eigenvalue weighted by molar-refractivity contribution is -0.139. The molecule has 0 aromatic heterocycles. The molecule has 3 aromatic rings. The molecule has 3 aromatic carbocycles. The summed E-state index contributed by atoms with van der Waals surface area (Å²) in [5.41, 5.74) is 4.13. The maximum absolute atomic E-state index is 14.0. The van der Waals surface area contributed by atoms with Gasteiger partial charge in [0.2, 0.25) is 11.8 Å². The number of sulfonamides is 1. The average molecular weight is 564 g/mol. The zero-order valence-electron chi connectivity index (χ0n) is 24.3. The molecule has 3 rings (SSSR count). The number of hydrogen-bond acceptors (Lipinski definition) is 4. The summed E-state index contributed by atoms with van der Waals surface area (Å²) in [6.45, 7) is 11.1. The van der Waals surface area contributed by atoms with E-state index in [9.17, 15) is 18.0 Å². The Hall–Kier alpha value is -3.65. The zero-order valence-corrected chi connectivity index (χ0v) is 25.2. The third-order valence-electron chi connectivity index (χ3n) is 7.03. The van der Waals surface area contributed by atoms with Crippen molar-refractivity contribution >= 4 is 27.5 Å². The summed E-state index contributed by atoms with van der Waals surface area (Å²) in [6.07, 6.45) is 1.29. The van der Waals surface area contributed by atoms with Crippen LogP contribution in [0.5, 0.6) is 0 Å². The van der Waals surface area contributed by atoms with Gasteiger partial charge in [-0.2, -0.15) is 0 Å². The lowest BCUT2D eigenvalue weighted by atomic mass is 10.1. The average Bonchev–Trinajstić information content (AvgIpc) is 2.91. The van der Waals surface area contributed by atoms with Crippen molar-refractivity contribution in [1.29, 1.82) is 0 Å². The normalized spacial score (nSPS) is 12.8. The molecule has 0 aliphatic rings. The number of benzene rings is 3. The van der Waals surface area contributed by atoms with E-state index < -0.39 is 28.5 Å². The number of carbonyl (C=O) groups is 2. The number of amides is 2. The molecular formula is C32H41N3O4S. The molecule has 0 saturated carbocycles. The molecule has 0 spiro atoms. The standard InChI is InChI=1S/C32H41N3O4S/c1-7-26(5)33-32(37)27(6)34(18-17-28-11-9-8-10-12-28)31(36)22-35(29-20-24(3)19-25(4)21-29)40(38,39)30-15-13-23(2)14-16-30/h8-16,19-21,26-27H,7,17-18,22H2,1-6H3,(H,33,37)/t26-,27-/m0/s1. The van der Waals surface area contributed by atoms with Gasteiger partial charge in [0.1, 0.15) is 12.6 Å². The summed E-state index contributed by atoms with van der Waals surface area (Å²) in [4.78, 5) is 28.7. The first-order valence-electron chi connectivity index (χ1n) is 13.7. The second-order valence-corrected chi connectivity index (χ2v) is 12.3. The third kappa shape index (κ3) is 7.94. The number of aryl methyl sites for hydroxylation is 3. The van der Waals surface area contributed by atoms with E-state index in [1.807, 2.05) is 71.0 Å². The number of carbonyl (C=O) groups excluding carboxylic acids is 2. The van der Waals surface area contributed by atoms with E-state index in [0.29, 0.717) is 12.1 Å². The van der Waals surface area contributed by atoms with Crippen LogP contribution in [0.4, 0.5) is 5.69 Å². The summed E-state index contributed by atoms with van der Waals surface area (Å²) in [6, 6.07) is 21.0. The van der Waals surface area contributed by atoms with Crippen LogP contribution in [-0.2, 0) is 26.0 Å². The number of rotatable bonds is 12. The van der Waals surface area contributed by atoms with E-state index in [4.69, 9.17) is 0 Å². The maximum atomic E-state index is 14.0. The second kappa shape index (κ2) is 13.6. The number of hydrogen-bond donors (Lipinski definition) is 1. The fraction of sp³-hybridized carbons (Fsp3) is 0.375. The predicted molar refractivity (Wildman–Crippen MR) is 161 cm³/mol. The van der Waals surface area contributed by atoms with Gasteiger partial charge in [0, 0.05) is 12.6 Å². The van der Waals surface area contributed by atoms with E-state index in [1.54, 1.807) is 43.3 Å². The summed E-state index contributed by atoms with van der Waals surface area (Å²) in [5.74, 6) is -0.715. The van der Waals surface area contributed by atoms with Gasteiger partial charge >= 0.3 is 0 Å². The second-order valence-electron chi connectivity index (χ2n) is 10.5. The smallest absolute Gasteiger partial charge is 0.264 e. The first-order chi connectivity index (χ1) is 18.9. The summed E-state index contributed by atoms with van der Waals surface area (Å²) in [5, 5.41) is 2.96. The Morgan fingerprint density at radius 1 is 0.850 bits per heavy atom. The van der Waals surface area contributed by atoms with E-state index in [1.165, 1.54) is 4.90 Å². The quantitative estimate of drug-likeness (QED) is 0.329. The number of anilines is 1. The molecule has 0 unspecified atom stereocenters.